The van der Waals surface area contributed by atoms with Gasteiger partial charge in [0.25, 0.3) is 0 Å². The summed E-state index contributed by atoms with van der Waals surface area (Å²) in [5.74, 6) is 5.42. The zero-order chi connectivity index (χ0) is 7.14. The fourth-order valence-corrected chi connectivity index (χ4v) is 0.958. The fraction of sp³-hybridized carbons (Fsp3) is 0.250. The Morgan fingerprint density at radius 1 is 1.70 bits per heavy atom. The predicted molar refractivity (Wildman–Crippen MR) is 35.2 cm³/mol. The van der Waals surface area contributed by atoms with Crippen LogP contribution in [-0.2, 0) is 0 Å². The van der Waals surface area contributed by atoms with Crippen LogP contribution in [0.2, 0.25) is 0 Å². The summed E-state index contributed by atoms with van der Waals surface area (Å²) < 4.78 is 0. The molecule has 1 aliphatic heterocycles. The standard InChI is InChI=1S/C4H8N6/c5-4-3-2(1-7-8-3)9-10(4)6/h1,4,9H,5-6H2,(H,7,8). The average molecular weight is 140 g/mol. The Balaban J connectivity index is 2.43. The molecular formula is C4H8N6. The summed E-state index contributed by atoms with van der Waals surface area (Å²) in [7, 11) is 0. The number of aromatic nitrogens is 2. The molecule has 0 saturated carbocycles. The van der Waals surface area contributed by atoms with Crippen LogP contribution in [0.15, 0.2) is 6.20 Å². The first-order valence-corrected chi connectivity index (χ1v) is 2.88. The minimum Gasteiger partial charge on any atom is -0.308 e. The van der Waals surface area contributed by atoms with E-state index in [4.69, 9.17) is 11.6 Å². The molecule has 54 valence electrons. The number of aromatic amines is 1. The van der Waals surface area contributed by atoms with E-state index in [0.29, 0.717) is 0 Å². The van der Waals surface area contributed by atoms with Gasteiger partial charge in [0.2, 0.25) is 0 Å². The second-order valence-electron chi connectivity index (χ2n) is 2.16. The number of nitrogens with two attached hydrogens (primary N) is 2. The molecule has 0 bridgehead atoms. The molecule has 0 radical (unpaired) electrons. The molecule has 0 amide bonds. The Morgan fingerprint density at radius 2 is 2.50 bits per heavy atom. The highest BCUT2D eigenvalue weighted by atomic mass is 15.7. The SMILES string of the molecule is NC1c2[nH]ncc2NN1N. The molecule has 6 N–H and O–H groups in total. The molecule has 0 aromatic carbocycles. The summed E-state index contributed by atoms with van der Waals surface area (Å²) in [5.41, 5.74) is 10.1. The molecule has 1 aromatic rings. The quantitative estimate of drug-likeness (QED) is 0.342. The monoisotopic (exact) mass is 140 g/mol. The summed E-state index contributed by atoms with van der Waals surface area (Å²) in [5, 5.41) is 7.84. The number of fused-ring (bicyclic) bond motifs is 1. The Morgan fingerprint density at radius 3 is 3.20 bits per heavy atom. The number of nitrogens with zero attached hydrogens (tertiary/aromatic N) is 2. The molecule has 2 heterocycles. The number of hydrogen-bond acceptors (Lipinski definition) is 5. The molecule has 1 aliphatic rings. The van der Waals surface area contributed by atoms with Gasteiger partial charge in [-0.15, -0.1) is 5.12 Å². The van der Waals surface area contributed by atoms with E-state index < -0.39 is 0 Å². The van der Waals surface area contributed by atoms with Crippen molar-refractivity contribution in [2.75, 3.05) is 5.43 Å². The van der Waals surface area contributed by atoms with Crippen molar-refractivity contribution in [2.24, 2.45) is 11.6 Å². The molecule has 0 aliphatic carbocycles. The van der Waals surface area contributed by atoms with Gasteiger partial charge in [-0.2, -0.15) is 5.10 Å². The van der Waals surface area contributed by atoms with Crippen LogP contribution in [0.1, 0.15) is 11.9 Å². The van der Waals surface area contributed by atoms with Gasteiger partial charge in [-0.3, -0.25) is 5.10 Å². The number of anilines is 1. The van der Waals surface area contributed by atoms with E-state index >= 15 is 0 Å². The zero-order valence-electron chi connectivity index (χ0n) is 5.20. The Hall–Kier alpha value is -1.11. The first-order valence-electron chi connectivity index (χ1n) is 2.88. The fourth-order valence-electron chi connectivity index (χ4n) is 0.958. The molecule has 1 aromatic heterocycles. The zero-order valence-corrected chi connectivity index (χ0v) is 5.20. The van der Waals surface area contributed by atoms with E-state index in [1.807, 2.05) is 0 Å². The summed E-state index contributed by atoms with van der Waals surface area (Å²) >= 11 is 0. The third kappa shape index (κ3) is 0.548. The lowest BCUT2D eigenvalue weighted by Crippen LogP contribution is -2.39. The summed E-state index contributed by atoms with van der Waals surface area (Å²) in [6, 6.07) is 0. The molecule has 6 heteroatoms. The van der Waals surface area contributed by atoms with Crippen molar-refractivity contribution < 1.29 is 0 Å². The van der Waals surface area contributed by atoms with Crippen molar-refractivity contribution in [3.63, 3.8) is 0 Å². The summed E-state index contributed by atoms with van der Waals surface area (Å²) in [6.45, 7) is 0. The second kappa shape index (κ2) is 1.69. The molecule has 10 heavy (non-hydrogen) atoms. The largest absolute Gasteiger partial charge is 0.308 e. The highest BCUT2D eigenvalue weighted by molar-refractivity contribution is 5.49. The topological polar surface area (TPSA) is 96.0 Å². The van der Waals surface area contributed by atoms with Crippen LogP contribution in [0.25, 0.3) is 0 Å². The highest BCUT2D eigenvalue weighted by Gasteiger charge is 2.25. The molecule has 6 nitrogen and oxygen atoms in total. The number of hydrazine groups is 2. The smallest absolute Gasteiger partial charge is 0.136 e. The molecule has 0 spiro atoms. The van der Waals surface area contributed by atoms with Crippen molar-refractivity contribution in [3.05, 3.63) is 11.9 Å². The van der Waals surface area contributed by atoms with Crippen LogP contribution in [0.3, 0.4) is 0 Å². The van der Waals surface area contributed by atoms with Crippen molar-refractivity contribution in [1.82, 2.24) is 15.3 Å². The van der Waals surface area contributed by atoms with E-state index in [0.717, 1.165) is 11.4 Å². The van der Waals surface area contributed by atoms with Crippen LogP contribution < -0.4 is 17.0 Å². The Kier molecular flexibility index (Phi) is 0.956. The van der Waals surface area contributed by atoms with E-state index in [2.05, 4.69) is 15.6 Å². The van der Waals surface area contributed by atoms with Gasteiger partial charge in [0.1, 0.15) is 6.17 Å². The van der Waals surface area contributed by atoms with Gasteiger partial charge in [0.05, 0.1) is 17.6 Å². The van der Waals surface area contributed by atoms with E-state index in [-0.39, 0.29) is 6.17 Å². The number of rotatable bonds is 0. The van der Waals surface area contributed by atoms with E-state index in [1.165, 1.54) is 5.12 Å². The Labute approximate surface area is 57.1 Å². The minimum absolute atomic E-state index is 0.322. The van der Waals surface area contributed by atoms with Gasteiger partial charge >= 0.3 is 0 Å². The lowest BCUT2D eigenvalue weighted by Gasteiger charge is -2.13. The van der Waals surface area contributed by atoms with E-state index in [1.54, 1.807) is 6.20 Å². The maximum absolute atomic E-state index is 5.60. The Bertz CT molecular complexity index is 242. The van der Waals surface area contributed by atoms with Crippen molar-refractivity contribution in [2.45, 2.75) is 6.17 Å². The highest BCUT2D eigenvalue weighted by Crippen LogP contribution is 2.25. The van der Waals surface area contributed by atoms with Crippen LogP contribution in [-0.4, -0.2) is 15.3 Å². The lowest BCUT2D eigenvalue weighted by molar-refractivity contribution is 0.272. The van der Waals surface area contributed by atoms with Crippen molar-refractivity contribution in [1.29, 1.82) is 0 Å². The molecule has 0 saturated heterocycles. The third-order valence-electron chi connectivity index (χ3n) is 1.51. The van der Waals surface area contributed by atoms with Gasteiger partial charge in [0, 0.05) is 0 Å². The average Bonchev–Trinajstić information content (AvgIpc) is 2.41. The summed E-state index contributed by atoms with van der Waals surface area (Å²) in [4.78, 5) is 0. The number of H-pyrrole nitrogens is 1. The van der Waals surface area contributed by atoms with Crippen LogP contribution in [0, 0.1) is 0 Å². The maximum Gasteiger partial charge on any atom is 0.136 e. The van der Waals surface area contributed by atoms with Gasteiger partial charge in [0.15, 0.2) is 0 Å². The predicted octanol–water partition coefficient (Wildman–Crippen LogP) is -1.12. The number of hydrogen-bond donors (Lipinski definition) is 4. The maximum atomic E-state index is 5.60. The normalized spacial score (nSPS) is 24.4. The van der Waals surface area contributed by atoms with Gasteiger partial charge in [-0.1, -0.05) is 0 Å². The minimum atomic E-state index is -0.322. The van der Waals surface area contributed by atoms with Crippen LogP contribution >= 0.6 is 0 Å². The molecule has 2 rings (SSSR count). The van der Waals surface area contributed by atoms with Crippen LogP contribution in [0.5, 0.6) is 0 Å². The lowest BCUT2D eigenvalue weighted by atomic mass is 10.3. The van der Waals surface area contributed by atoms with E-state index in [9.17, 15) is 0 Å². The van der Waals surface area contributed by atoms with Gasteiger partial charge in [-0.05, 0) is 0 Å². The number of nitrogens with one attached hydrogen (secondary N) is 2. The molecule has 1 unspecified atom stereocenters. The third-order valence-corrected chi connectivity index (χ3v) is 1.51. The molecular weight excluding hydrogens is 132 g/mol. The second-order valence-corrected chi connectivity index (χ2v) is 2.16. The van der Waals surface area contributed by atoms with Gasteiger partial charge < -0.3 is 11.2 Å². The summed E-state index contributed by atoms with van der Waals surface area (Å²) in [6.07, 6.45) is 1.32. The molecule has 1 atom stereocenters. The first kappa shape index (κ1) is 5.66. The molecule has 0 fully saturated rings. The van der Waals surface area contributed by atoms with Crippen LogP contribution in [0.4, 0.5) is 5.69 Å². The van der Waals surface area contributed by atoms with Crippen molar-refractivity contribution in [3.8, 4) is 0 Å². The first-order chi connectivity index (χ1) is 4.79. The van der Waals surface area contributed by atoms with Crippen molar-refractivity contribution >= 4 is 5.69 Å². The van der Waals surface area contributed by atoms with Gasteiger partial charge in [-0.25, -0.2) is 5.84 Å².